The van der Waals surface area contributed by atoms with Crippen molar-refractivity contribution >= 4 is 17.5 Å². The minimum Gasteiger partial charge on any atom is -0.494 e. The van der Waals surface area contributed by atoms with E-state index in [9.17, 15) is 9.59 Å². The fourth-order valence-corrected chi connectivity index (χ4v) is 3.40. The Bertz CT molecular complexity index is 896. The van der Waals surface area contributed by atoms with Crippen LogP contribution < -0.4 is 20.1 Å². The summed E-state index contributed by atoms with van der Waals surface area (Å²) >= 11 is 0. The van der Waals surface area contributed by atoms with Gasteiger partial charge in [-0.1, -0.05) is 12.8 Å². The molecule has 0 radical (unpaired) electrons. The van der Waals surface area contributed by atoms with Gasteiger partial charge in [0.05, 0.1) is 25.6 Å². The quantitative estimate of drug-likeness (QED) is 0.451. The molecule has 1 aliphatic carbocycles. The molecule has 0 spiro atoms. The highest BCUT2D eigenvalue weighted by molar-refractivity contribution is 6.01. The van der Waals surface area contributed by atoms with Crippen molar-refractivity contribution < 1.29 is 19.1 Å². The molecule has 1 aromatic heterocycles. The summed E-state index contributed by atoms with van der Waals surface area (Å²) in [6.45, 7) is 1.57. The van der Waals surface area contributed by atoms with Crippen LogP contribution in [0.2, 0.25) is 0 Å². The summed E-state index contributed by atoms with van der Waals surface area (Å²) in [4.78, 5) is 32.0. The Labute approximate surface area is 195 Å². The molecule has 1 saturated carbocycles. The Morgan fingerprint density at radius 2 is 1.91 bits per heavy atom. The molecule has 0 aliphatic heterocycles. The van der Waals surface area contributed by atoms with Gasteiger partial charge in [0.2, 0.25) is 11.8 Å². The molecule has 8 heteroatoms. The van der Waals surface area contributed by atoms with Crippen molar-refractivity contribution in [2.75, 3.05) is 39.7 Å². The smallest absolute Gasteiger partial charge is 0.251 e. The summed E-state index contributed by atoms with van der Waals surface area (Å²) in [5.74, 6) is 1.32. The number of methoxy groups -OCH3 is 1. The second kappa shape index (κ2) is 12.2. The number of carbonyl (C=O) groups excluding carboxylic acids is 2. The van der Waals surface area contributed by atoms with Crippen molar-refractivity contribution in [3.63, 3.8) is 0 Å². The molecule has 1 unspecified atom stereocenters. The molecule has 2 amide bonds. The number of pyridine rings is 1. The third-order valence-corrected chi connectivity index (χ3v) is 5.53. The van der Waals surface area contributed by atoms with E-state index >= 15 is 0 Å². The Kier molecular flexibility index (Phi) is 9.06. The molecule has 178 valence electrons. The maximum absolute atomic E-state index is 12.9. The van der Waals surface area contributed by atoms with E-state index in [-0.39, 0.29) is 11.8 Å². The number of hydrogen-bond donors (Lipinski definition) is 2. The van der Waals surface area contributed by atoms with Crippen LogP contribution in [-0.4, -0.2) is 62.1 Å². The number of ether oxygens (including phenoxy) is 2. The zero-order chi connectivity index (χ0) is 23.6. The van der Waals surface area contributed by atoms with Crippen molar-refractivity contribution in [3.8, 4) is 11.6 Å². The van der Waals surface area contributed by atoms with Gasteiger partial charge in [-0.25, -0.2) is 4.98 Å². The monoisotopic (exact) mass is 454 g/mol. The molecule has 1 aliphatic rings. The van der Waals surface area contributed by atoms with Gasteiger partial charge in [-0.05, 0) is 69.6 Å². The van der Waals surface area contributed by atoms with Crippen LogP contribution in [-0.2, 0) is 4.79 Å². The second-order valence-electron chi connectivity index (χ2n) is 8.65. The fourth-order valence-electron chi connectivity index (χ4n) is 3.40. The number of amides is 2. The number of anilines is 1. The Morgan fingerprint density at radius 3 is 2.52 bits per heavy atom. The van der Waals surface area contributed by atoms with Crippen molar-refractivity contribution in [3.05, 3.63) is 48.2 Å². The van der Waals surface area contributed by atoms with Gasteiger partial charge in [0.1, 0.15) is 11.8 Å². The summed E-state index contributed by atoms with van der Waals surface area (Å²) in [5.41, 5.74) is 1.05. The summed E-state index contributed by atoms with van der Waals surface area (Å²) in [6, 6.07) is 9.79. The number of aromatic nitrogens is 1. The maximum Gasteiger partial charge on any atom is 0.251 e. The third-order valence-electron chi connectivity index (χ3n) is 5.53. The molecule has 0 saturated heterocycles. The average molecular weight is 455 g/mol. The SMILES string of the molecule is COc1ccc(NC(=O)C(CCC2CC2)NC(=O)c2ccc(OCCCN(C)C)cc2)cn1. The zero-order valence-corrected chi connectivity index (χ0v) is 19.7. The molecular formula is C25H34N4O4. The predicted octanol–water partition coefficient (Wildman–Crippen LogP) is 3.35. The first-order valence-corrected chi connectivity index (χ1v) is 11.4. The van der Waals surface area contributed by atoms with Gasteiger partial charge in [0, 0.05) is 18.2 Å². The van der Waals surface area contributed by atoms with E-state index in [1.165, 1.54) is 26.1 Å². The van der Waals surface area contributed by atoms with Gasteiger partial charge in [-0.2, -0.15) is 0 Å². The summed E-state index contributed by atoms with van der Waals surface area (Å²) < 4.78 is 10.8. The zero-order valence-electron chi connectivity index (χ0n) is 19.7. The van der Waals surface area contributed by atoms with Crippen LogP contribution in [0.4, 0.5) is 5.69 Å². The van der Waals surface area contributed by atoms with Gasteiger partial charge >= 0.3 is 0 Å². The van der Waals surface area contributed by atoms with E-state index < -0.39 is 6.04 Å². The van der Waals surface area contributed by atoms with Crippen LogP contribution in [0.1, 0.15) is 42.5 Å². The highest BCUT2D eigenvalue weighted by Gasteiger charge is 2.27. The van der Waals surface area contributed by atoms with Crippen LogP contribution in [0.25, 0.3) is 0 Å². The van der Waals surface area contributed by atoms with Crippen LogP contribution in [0.15, 0.2) is 42.6 Å². The number of nitrogens with zero attached hydrogens (tertiary/aromatic N) is 2. The average Bonchev–Trinajstić information content (AvgIpc) is 3.64. The predicted molar refractivity (Wildman–Crippen MR) is 128 cm³/mol. The molecule has 3 rings (SSSR count). The molecular weight excluding hydrogens is 420 g/mol. The van der Waals surface area contributed by atoms with Crippen LogP contribution in [0.3, 0.4) is 0 Å². The van der Waals surface area contributed by atoms with Crippen molar-refractivity contribution in [1.82, 2.24) is 15.2 Å². The topological polar surface area (TPSA) is 92.8 Å². The van der Waals surface area contributed by atoms with Gasteiger partial charge in [0.15, 0.2) is 0 Å². The number of rotatable bonds is 13. The summed E-state index contributed by atoms with van der Waals surface area (Å²) in [6.07, 6.45) is 6.36. The maximum atomic E-state index is 12.9. The van der Waals surface area contributed by atoms with Gasteiger partial charge in [-0.3, -0.25) is 9.59 Å². The highest BCUT2D eigenvalue weighted by atomic mass is 16.5. The molecule has 2 aromatic rings. The fraction of sp³-hybridized carbons (Fsp3) is 0.480. The molecule has 1 aromatic carbocycles. The first kappa shape index (κ1) is 24.5. The minimum absolute atomic E-state index is 0.253. The summed E-state index contributed by atoms with van der Waals surface area (Å²) in [5, 5.41) is 5.75. The second-order valence-corrected chi connectivity index (χ2v) is 8.65. The van der Waals surface area contributed by atoms with E-state index in [0.717, 1.165) is 25.1 Å². The minimum atomic E-state index is -0.623. The van der Waals surface area contributed by atoms with E-state index in [4.69, 9.17) is 9.47 Å². The van der Waals surface area contributed by atoms with Crippen molar-refractivity contribution in [2.45, 2.75) is 38.1 Å². The first-order chi connectivity index (χ1) is 15.9. The lowest BCUT2D eigenvalue weighted by atomic mass is 10.1. The van der Waals surface area contributed by atoms with Crippen LogP contribution in [0, 0.1) is 5.92 Å². The highest BCUT2D eigenvalue weighted by Crippen LogP contribution is 2.34. The van der Waals surface area contributed by atoms with Gasteiger partial charge in [0.25, 0.3) is 5.91 Å². The number of hydrogen-bond acceptors (Lipinski definition) is 6. The Balaban J connectivity index is 1.56. The Morgan fingerprint density at radius 1 is 1.15 bits per heavy atom. The third kappa shape index (κ3) is 8.38. The molecule has 33 heavy (non-hydrogen) atoms. The molecule has 0 bridgehead atoms. The lowest BCUT2D eigenvalue weighted by Crippen LogP contribution is -2.43. The largest absolute Gasteiger partial charge is 0.494 e. The lowest BCUT2D eigenvalue weighted by Gasteiger charge is -2.19. The van der Waals surface area contributed by atoms with Gasteiger partial charge < -0.3 is 25.0 Å². The van der Waals surface area contributed by atoms with Crippen molar-refractivity contribution in [1.29, 1.82) is 0 Å². The van der Waals surface area contributed by atoms with Crippen LogP contribution in [0.5, 0.6) is 11.6 Å². The summed E-state index contributed by atoms with van der Waals surface area (Å²) in [7, 11) is 5.59. The first-order valence-electron chi connectivity index (χ1n) is 11.4. The van der Waals surface area contributed by atoms with E-state index in [2.05, 4.69) is 20.5 Å². The van der Waals surface area contributed by atoms with E-state index in [1.54, 1.807) is 36.4 Å². The van der Waals surface area contributed by atoms with Gasteiger partial charge in [-0.15, -0.1) is 0 Å². The standard InChI is InChI=1S/C25H34N4O4/c1-29(2)15-4-16-33-21-11-8-19(9-12-21)24(30)28-22(13-7-18-5-6-18)25(31)27-20-10-14-23(32-3)26-17-20/h8-12,14,17-18,22H,4-7,13,15-16H2,1-3H3,(H,27,31)(H,28,30). The van der Waals surface area contributed by atoms with Crippen LogP contribution >= 0.6 is 0 Å². The molecule has 1 fully saturated rings. The molecule has 1 heterocycles. The molecule has 2 N–H and O–H groups in total. The number of benzene rings is 1. The number of nitrogens with one attached hydrogen (secondary N) is 2. The van der Waals surface area contributed by atoms with Crippen molar-refractivity contribution in [2.24, 2.45) is 5.92 Å². The molecule has 1 atom stereocenters. The lowest BCUT2D eigenvalue weighted by molar-refractivity contribution is -0.118. The van der Waals surface area contributed by atoms with E-state index in [1.807, 2.05) is 14.1 Å². The Hall–Kier alpha value is -3.13. The molecule has 8 nitrogen and oxygen atoms in total. The normalized spacial score (nSPS) is 13.9. The number of carbonyl (C=O) groups is 2. The van der Waals surface area contributed by atoms with E-state index in [0.29, 0.717) is 36.1 Å².